The fraction of sp³-hybridized carbons (Fsp3) is 0.923. The van der Waals surface area contributed by atoms with Gasteiger partial charge in [0.15, 0.2) is 0 Å². The smallest absolute Gasteiger partial charge is 0.334 e. The van der Waals surface area contributed by atoms with Crippen LogP contribution in [0, 0.1) is 17.3 Å². The second-order valence-electron chi connectivity index (χ2n) is 6.30. The summed E-state index contributed by atoms with van der Waals surface area (Å²) < 4.78 is 11.3. The van der Waals surface area contributed by atoms with Crippen LogP contribution in [0.5, 0.6) is 0 Å². The topological polar surface area (TPSA) is 35.5 Å². The first-order valence-electron chi connectivity index (χ1n) is 6.20. The Hall–Kier alpha value is -0.570. The summed E-state index contributed by atoms with van der Waals surface area (Å²) in [6.07, 6.45) is 3.09. The summed E-state index contributed by atoms with van der Waals surface area (Å²) in [5.41, 5.74) is 0.204. The third-order valence-corrected chi connectivity index (χ3v) is 3.95. The third-order valence-electron chi connectivity index (χ3n) is 3.95. The molecule has 1 spiro atoms. The van der Waals surface area contributed by atoms with E-state index in [9.17, 15) is 4.79 Å². The molecule has 0 radical (unpaired) electrons. The molecule has 3 heteroatoms. The largest absolute Gasteiger partial charge is 0.431 e. The first-order chi connectivity index (χ1) is 7.35. The van der Waals surface area contributed by atoms with Crippen LogP contribution in [0.25, 0.3) is 0 Å². The van der Waals surface area contributed by atoms with Crippen molar-refractivity contribution in [1.29, 1.82) is 0 Å². The molecule has 1 aliphatic carbocycles. The summed E-state index contributed by atoms with van der Waals surface area (Å²) in [5, 5.41) is 0. The van der Waals surface area contributed by atoms with Gasteiger partial charge in [0.2, 0.25) is 5.79 Å². The van der Waals surface area contributed by atoms with Crippen LogP contribution in [-0.4, -0.2) is 18.4 Å². The fourth-order valence-corrected chi connectivity index (χ4v) is 3.20. The van der Waals surface area contributed by atoms with E-state index < -0.39 is 5.79 Å². The predicted molar refractivity (Wildman–Crippen MR) is 60.7 cm³/mol. The van der Waals surface area contributed by atoms with Gasteiger partial charge in [-0.1, -0.05) is 27.7 Å². The maximum Gasteiger partial charge on any atom is 0.334 e. The number of rotatable bonds is 1. The van der Waals surface area contributed by atoms with E-state index in [1.165, 1.54) is 6.42 Å². The molecule has 92 valence electrons. The molecule has 0 N–H and O–H groups in total. The number of ether oxygens (including phenoxy) is 2. The van der Waals surface area contributed by atoms with Gasteiger partial charge in [-0.25, -0.2) is 4.79 Å². The first kappa shape index (κ1) is 11.9. The van der Waals surface area contributed by atoms with Crippen molar-refractivity contribution < 1.29 is 14.3 Å². The maximum absolute atomic E-state index is 11.3. The average molecular weight is 226 g/mol. The second kappa shape index (κ2) is 3.73. The molecule has 1 saturated carbocycles. The Balaban J connectivity index is 2.25. The second-order valence-corrected chi connectivity index (χ2v) is 6.30. The quantitative estimate of drug-likeness (QED) is 0.645. The van der Waals surface area contributed by atoms with E-state index in [4.69, 9.17) is 9.47 Å². The van der Waals surface area contributed by atoms with Gasteiger partial charge >= 0.3 is 5.97 Å². The van der Waals surface area contributed by atoms with Gasteiger partial charge in [-0.2, -0.15) is 0 Å². The molecule has 1 heterocycles. The molecule has 0 amide bonds. The monoisotopic (exact) mass is 226 g/mol. The zero-order chi connectivity index (χ0) is 12.0. The number of hydrogen-bond acceptors (Lipinski definition) is 3. The zero-order valence-electron chi connectivity index (χ0n) is 10.7. The van der Waals surface area contributed by atoms with Gasteiger partial charge in [-0.15, -0.1) is 0 Å². The molecule has 2 aliphatic rings. The number of carbonyl (C=O) groups excluding carboxylic acids is 1. The molecule has 16 heavy (non-hydrogen) atoms. The Morgan fingerprint density at radius 1 is 1.38 bits per heavy atom. The van der Waals surface area contributed by atoms with Crippen molar-refractivity contribution >= 4 is 5.97 Å². The fourth-order valence-electron chi connectivity index (χ4n) is 3.20. The van der Waals surface area contributed by atoms with Crippen molar-refractivity contribution in [2.45, 2.75) is 52.7 Å². The van der Waals surface area contributed by atoms with Crippen molar-refractivity contribution in [3.8, 4) is 0 Å². The highest BCUT2D eigenvalue weighted by Crippen LogP contribution is 2.50. The van der Waals surface area contributed by atoms with E-state index in [0.29, 0.717) is 11.8 Å². The van der Waals surface area contributed by atoms with E-state index in [1.807, 2.05) is 0 Å². The average Bonchev–Trinajstić information content (AvgIpc) is 2.45. The minimum atomic E-state index is -0.632. The summed E-state index contributed by atoms with van der Waals surface area (Å²) in [5.74, 6) is -0.00942. The summed E-state index contributed by atoms with van der Waals surface area (Å²) in [6.45, 7) is 8.93. The lowest BCUT2D eigenvalue weighted by molar-refractivity contribution is -0.238. The van der Waals surface area contributed by atoms with Crippen molar-refractivity contribution in [2.75, 3.05) is 6.61 Å². The highest BCUT2D eigenvalue weighted by molar-refractivity contribution is 5.72. The van der Waals surface area contributed by atoms with Crippen LogP contribution in [0.15, 0.2) is 0 Å². The van der Waals surface area contributed by atoms with E-state index in [2.05, 4.69) is 27.7 Å². The Kier molecular flexibility index (Phi) is 2.77. The number of hydrogen-bond donors (Lipinski definition) is 0. The highest BCUT2D eigenvalue weighted by atomic mass is 16.8. The Bertz CT molecular complexity index is 296. The Morgan fingerprint density at radius 2 is 2.06 bits per heavy atom. The van der Waals surface area contributed by atoms with Crippen molar-refractivity contribution in [3.05, 3.63) is 0 Å². The van der Waals surface area contributed by atoms with Gasteiger partial charge in [0.1, 0.15) is 6.61 Å². The minimum absolute atomic E-state index is 0.124. The lowest BCUT2D eigenvalue weighted by Crippen LogP contribution is -2.49. The molecule has 2 atom stereocenters. The molecule has 3 nitrogen and oxygen atoms in total. The highest BCUT2D eigenvalue weighted by Gasteiger charge is 2.54. The van der Waals surface area contributed by atoms with E-state index in [-0.39, 0.29) is 18.0 Å². The van der Waals surface area contributed by atoms with Crippen molar-refractivity contribution in [2.24, 2.45) is 17.3 Å². The van der Waals surface area contributed by atoms with Gasteiger partial charge in [-0.05, 0) is 24.2 Å². The van der Waals surface area contributed by atoms with Crippen LogP contribution in [0.2, 0.25) is 0 Å². The van der Waals surface area contributed by atoms with Crippen molar-refractivity contribution in [1.82, 2.24) is 0 Å². The van der Waals surface area contributed by atoms with E-state index in [1.54, 1.807) is 0 Å². The Morgan fingerprint density at radius 3 is 2.56 bits per heavy atom. The van der Waals surface area contributed by atoms with Gasteiger partial charge < -0.3 is 9.47 Å². The zero-order valence-corrected chi connectivity index (χ0v) is 10.7. The standard InChI is InChI=1S/C13H22O3/c1-9(2)10-5-6-12(3,4)8-13(10)15-7-11(14)16-13/h9-10H,5-8H2,1-4H3. The molecule has 2 unspecified atom stereocenters. The van der Waals surface area contributed by atoms with Gasteiger partial charge in [0.05, 0.1) is 0 Å². The van der Waals surface area contributed by atoms with Crippen LogP contribution >= 0.6 is 0 Å². The summed E-state index contributed by atoms with van der Waals surface area (Å²) in [4.78, 5) is 11.3. The summed E-state index contributed by atoms with van der Waals surface area (Å²) in [7, 11) is 0. The molecule has 0 aromatic carbocycles. The normalized spacial score (nSPS) is 38.1. The van der Waals surface area contributed by atoms with E-state index in [0.717, 1.165) is 12.8 Å². The number of esters is 1. The SMILES string of the molecule is CC(C)C1CCC(C)(C)CC12OCC(=O)O2. The van der Waals surface area contributed by atoms with Gasteiger partial charge in [-0.3, -0.25) is 0 Å². The molecule has 0 aromatic rings. The molecule has 1 aliphatic heterocycles. The van der Waals surface area contributed by atoms with Crippen LogP contribution in [0.1, 0.15) is 47.0 Å². The molecular formula is C13H22O3. The van der Waals surface area contributed by atoms with E-state index >= 15 is 0 Å². The lowest BCUT2D eigenvalue weighted by Gasteiger charge is -2.47. The van der Waals surface area contributed by atoms with Crippen LogP contribution in [-0.2, 0) is 14.3 Å². The lowest BCUT2D eigenvalue weighted by atomic mass is 9.66. The predicted octanol–water partition coefficient (Wildman–Crippen LogP) is 2.74. The summed E-state index contributed by atoms with van der Waals surface area (Å²) >= 11 is 0. The molecule has 2 fully saturated rings. The van der Waals surface area contributed by atoms with Gasteiger partial charge in [0, 0.05) is 12.3 Å². The van der Waals surface area contributed by atoms with Crippen LogP contribution in [0.3, 0.4) is 0 Å². The molecule has 1 saturated heterocycles. The minimum Gasteiger partial charge on any atom is -0.431 e. The van der Waals surface area contributed by atoms with Gasteiger partial charge in [0.25, 0.3) is 0 Å². The van der Waals surface area contributed by atoms with Crippen molar-refractivity contribution in [3.63, 3.8) is 0 Å². The first-order valence-corrected chi connectivity index (χ1v) is 6.20. The molecular weight excluding hydrogens is 204 g/mol. The molecule has 2 rings (SSSR count). The number of carbonyl (C=O) groups is 1. The van der Waals surface area contributed by atoms with Crippen LogP contribution < -0.4 is 0 Å². The third kappa shape index (κ3) is 1.97. The maximum atomic E-state index is 11.3. The molecule has 0 bridgehead atoms. The van der Waals surface area contributed by atoms with Crippen LogP contribution in [0.4, 0.5) is 0 Å². The summed E-state index contributed by atoms with van der Waals surface area (Å²) in [6, 6.07) is 0. The molecule has 0 aromatic heterocycles. The Labute approximate surface area is 97.5 Å².